The van der Waals surface area contributed by atoms with Crippen molar-refractivity contribution >= 4 is 11.9 Å². The number of rotatable bonds is 4. The first-order valence-corrected chi connectivity index (χ1v) is 5.88. The first-order chi connectivity index (χ1) is 7.86. The van der Waals surface area contributed by atoms with E-state index >= 15 is 0 Å². The number of benzene rings is 2. The van der Waals surface area contributed by atoms with Crippen LogP contribution in [-0.2, 0) is 0 Å². The van der Waals surface area contributed by atoms with Crippen LogP contribution in [0.1, 0.15) is 11.8 Å². The van der Waals surface area contributed by atoms with E-state index < -0.39 is 6.23 Å². The summed E-state index contributed by atoms with van der Waals surface area (Å²) in [6.45, 7) is 0. The molecule has 2 aromatic rings. The lowest BCUT2D eigenvalue weighted by Gasteiger charge is -2.11. The summed E-state index contributed by atoms with van der Waals surface area (Å²) in [5.74, 6) is 0. The summed E-state index contributed by atoms with van der Waals surface area (Å²) in [7, 11) is 0. The molecule has 3 heteroatoms. The second-order valence-electron chi connectivity index (χ2n) is 3.35. The molecular formula is C13H13NOS. The van der Waals surface area contributed by atoms with E-state index in [-0.39, 0.29) is 0 Å². The predicted molar refractivity (Wildman–Crippen MR) is 66.8 cm³/mol. The van der Waals surface area contributed by atoms with Crippen LogP contribution >= 0.6 is 11.9 Å². The SMILES string of the molecule is OC(NSc1ccccc1)c1ccccc1. The van der Waals surface area contributed by atoms with Gasteiger partial charge >= 0.3 is 0 Å². The minimum atomic E-state index is -0.647. The normalized spacial score (nSPS) is 12.3. The molecular weight excluding hydrogens is 218 g/mol. The monoisotopic (exact) mass is 231 g/mol. The highest BCUT2D eigenvalue weighted by Gasteiger charge is 2.05. The first-order valence-electron chi connectivity index (χ1n) is 5.07. The summed E-state index contributed by atoms with van der Waals surface area (Å²) in [5.41, 5.74) is 0.867. The van der Waals surface area contributed by atoms with Gasteiger partial charge in [0.05, 0.1) is 0 Å². The third-order valence-electron chi connectivity index (χ3n) is 2.15. The van der Waals surface area contributed by atoms with Crippen LogP contribution in [-0.4, -0.2) is 5.11 Å². The Hall–Kier alpha value is -1.29. The summed E-state index contributed by atoms with van der Waals surface area (Å²) >= 11 is 1.42. The molecule has 2 N–H and O–H groups in total. The fourth-order valence-corrected chi connectivity index (χ4v) is 1.99. The Morgan fingerprint density at radius 3 is 2.06 bits per heavy atom. The Morgan fingerprint density at radius 1 is 0.875 bits per heavy atom. The number of nitrogens with one attached hydrogen (secondary N) is 1. The van der Waals surface area contributed by atoms with E-state index in [1.165, 1.54) is 11.9 Å². The van der Waals surface area contributed by atoms with Gasteiger partial charge in [0, 0.05) is 4.90 Å². The van der Waals surface area contributed by atoms with E-state index in [1.54, 1.807) is 0 Å². The maximum absolute atomic E-state index is 9.85. The van der Waals surface area contributed by atoms with Gasteiger partial charge < -0.3 is 5.11 Å². The molecule has 2 rings (SSSR count). The van der Waals surface area contributed by atoms with Crippen LogP contribution in [0.2, 0.25) is 0 Å². The van der Waals surface area contributed by atoms with Crippen molar-refractivity contribution in [2.45, 2.75) is 11.1 Å². The van der Waals surface area contributed by atoms with E-state index in [9.17, 15) is 5.11 Å². The van der Waals surface area contributed by atoms with Crippen molar-refractivity contribution in [3.63, 3.8) is 0 Å². The Kier molecular flexibility index (Phi) is 3.99. The van der Waals surface area contributed by atoms with Gasteiger partial charge in [-0.15, -0.1) is 0 Å². The topological polar surface area (TPSA) is 32.3 Å². The molecule has 1 atom stereocenters. The van der Waals surface area contributed by atoms with E-state index in [1.807, 2.05) is 60.7 Å². The van der Waals surface area contributed by atoms with Gasteiger partial charge in [-0.1, -0.05) is 48.5 Å². The molecule has 16 heavy (non-hydrogen) atoms. The maximum Gasteiger partial charge on any atom is 0.140 e. The standard InChI is InChI=1S/C13H13NOS/c15-13(11-7-3-1-4-8-11)14-16-12-9-5-2-6-10-12/h1-10,13-15H. The molecule has 0 fully saturated rings. The van der Waals surface area contributed by atoms with Gasteiger partial charge in [0.2, 0.25) is 0 Å². The Balaban J connectivity index is 1.92. The average molecular weight is 231 g/mol. The zero-order valence-electron chi connectivity index (χ0n) is 8.71. The van der Waals surface area contributed by atoms with Crippen molar-refractivity contribution < 1.29 is 5.11 Å². The quantitative estimate of drug-likeness (QED) is 0.626. The minimum absolute atomic E-state index is 0.647. The molecule has 0 spiro atoms. The molecule has 1 unspecified atom stereocenters. The summed E-state index contributed by atoms with van der Waals surface area (Å²) < 4.78 is 2.99. The van der Waals surface area contributed by atoms with E-state index in [0.29, 0.717) is 0 Å². The molecule has 0 saturated carbocycles. The summed E-state index contributed by atoms with van der Waals surface area (Å²) in [4.78, 5) is 1.08. The number of aliphatic hydroxyl groups is 1. The number of hydrogen-bond acceptors (Lipinski definition) is 3. The molecule has 0 heterocycles. The second kappa shape index (κ2) is 5.70. The lowest BCUT2D eigenvalue weighted by atomic mass is 10.2. The average Bonchev–Trinajstić information content (AvgIpc) is 2.38. The van der Waals surface area contributed by atoms with Crippen molar-refractivity contribution in [3.8, 4) is 0 Å². The van der Waals surface area contributed by atoms with Crippen LogP contribution in [0, 0.1) is 0 Å². The number of aliphatic hydroxyl groups excluding tert-OH is 1. The van der Waals surface area contributed by atoms with Crippen LogP contribution in [0.5, 0.6) is 0 Å². The smallest absolute Gasteiger partial charge is 0.140 e. The molecule has 2 aromatic carbocycles. The van der Waals surface area contributed by atoms with Crippen molar-refractivity contribution in [1.29, 1.82) is 0 Å². The van der Waals surface area contributed by atoms with Gasteiger partial charge in [-0.2, -0.15) is 0 Å². The molecule has 0 radical (unpaired) electrons. The highest BCUT2D eigenvalue weighted by atomic mass is 32.2. The summed E-state index contributed by atoms with van der Waals surface area (Å²) in [6, 6.07) is 19.4. The Morgan fingerprint density at radius 2 is 1.44 bits per heavy atom. The summed E-state index contributed by atoms with van der Waals surface area (Å²) in [5, 5.41) is 9.85. The molecule has 0 saturated heterocycles. The highest BCUT2D eigenvalue weighted by molar-refractivity contribution is 7.97. The van der Waals surface area contributed by atoms with Gasteiger partial charge in [0.1, 0.15) is 6.23 Å². The molecule has 0 aliphatic rings. The van der Waals surface area contributed by atoms with E-state index in [4.69, 9.17) is 0 Å². The van der Waals surface area contributed by atoms with Crippen LogP contribution in [0.3, 0.4) is 0 Å². The molecule has 82 valence electrons. The van der Waals surface area contributed by atoms with Gasteiger partial charge in [0.25, 0.3) is 0 Å². The zero-order valence-corrected chi connectivity index (χ0v) is 9.52. The second-order valence-corrected chi connectivity index (χ2v) is 4.26. The third-order valence-corrected chi connectivity index (χ3v) is 3.00. The molecule has 0 aliphatic carbocycles. The van der Waals surface area contributed by atoms with Gasteiger partial charge in [-0.3, -0.25) is 0 Å². The first kappa shape index (κ1) is 11.2. The van der Waals surface area contributed by atoms with Crippen molar-refractivity contribution in [2.24, 2.45) is 0 Å². The largest absolute Gasteiger partial charge is 0.373 e. The van der Waals surface area contributed by atoms with Crippen LogP contribution < -0.4 is 4.72 Å². The lowest BCUT2D eigenvalue weighted by molar-refractivity contribution is 0.170. The van der Waals surface area contributed by atoms with Crippen molar-refractivity contribution in [1.82, 2.24) is 4.72 Å². The maximum atomic E-state index is 9.85. The molecule has 0 bridgehead atoms. The van der Waals surface area contributed by atoms with E-state index in [2.05, 4.69) is 4.72 Å². The van der Waals surface area contributed by atoms with Crippen LogP contribution in [0.25, 0.3) is 0 Å². The Labute approximate surface area is 99.5 Å². The Bertz CT molecular complexity index is 418. The van der Waals surface area contributed by atoms with Gasteiger partial charge in [-0.05, 0) is 29.6 Å². The minimum Gasteiger partial charge on any atom is -0.373 e. The van der Waals surface area contributed by atoms with E-state index in [0.717, 1.165) is 10.5 Å². The van der Waals surface area contributed by atoms with Crippen LogP contribution in [0.4, 0.5) is 0 Å². The van der Waals surface area contributed by atoms with Crippen LogP contribution in [0.15, 0.2) is 65.6 Å². The zero-order chi connectivity index (χ0) is 11.2. The molecule has 0 aliphatic heterocycles. The van der Waals surface area contributed by atoms with Crippen molar-refractivity contribution in [2.75, 3.05) is 0 Å². The summed E-state index contributed by atoms with van der Waals surface area (Å²) in [6.07, 6.45) is -0.647. The number of hydrogen-bond donors (Lipinski definition) is 2. The molecule has 0 amide bonds. The fraction of sp³-hybridized carbons (Fsp3) is 0.0769. The van der Waals surface area contributed by atoms with Crippen molar-refractivity contribution in [3.05, 3.63) is 66.2 Å². The highest BCUT2D eigenvalue weighted by Crippen LogP contribution is 2.18. The molecule has 0 aromatic heterocycles. The predicted octanol–water partition coefficient (Wildman–Crippen LogP) is 2.97. The van der Waals surface area contributed by atoms with Gasteiger partial charge in [-0.25, -0.2) is 4.72 Å². The van der Waals surface area contributed by atoms with Gasteiger partial charge in [0.15, 0.2) is 0 Å². The third kappa shape index (κ3) is 3.10. The molecule has 2 nitrogen and oxygen atoms in total. The lowest BCUT2D eigenvalue weighted by Crippen LogP contribution is -2.12. The fourth-order valence-electron chi connectivity index (χ4n) is 1.32.